The monoisotopic (exact) mass is 335 g/mol. The lowest BCUT2D eigenvalue weighted by Crippen LogP contribution is -2.39. The molecule has 1 fully saturated rings. The molecule has 128 valence electrons. The number of amides is 1. The van der Waals surface area contributed by atoms with Crippen molar-refractivity contribution in [1.29, 1.82) is 0 Å². The Morgan fingerprint density at radius 3 is 2.60 bits per heavy atom. The van der Waals surface area contributed by atoms with Gasteiger partial charge in [-0.1, -0.05) is 12.1 Å². The Morgan fingerprint density at radius 1 is 1.08 bits per heavy atom. The number of carbonyl (C=O) groups is 1. The summed E-state index contributed by atoms with van der Waals surface area (Å²) in [6.07, 6.45) is 9.95. The first-order chi connectivity index (χ1) is 12.3. The van der Waals surface area contributed by atoms with Crippen LogP contribution in [0.3, 0.4) is 0 Å². The van der Waals surface area contributed by atoms with E-state index in [9.17, 15) is 4.79 Å². The molecule has 0 unspecified atom stereocenters. The summed E-state index contributed by atoms with van der Waals surface area (Å²) >= 11 is 0. The number of hydrogen-bond donors (Lipinski definition) is 0. The second-order valence-electron chi connectivity index (χ2n) is 6.41. The Bertz CT molecular complexity index is 808. The molecule has 1 saturated heterocycles. The molecule has 6 heteroatoms. The summed E-state index contributed by atoms with van der Waals surface area (Å²) in [6.45, 7) is 1.62. The Hall–Kier alpha value is -2.89. The van der Waals surface area contributed by atoms with E-state index in [2.05, 4.69) is 10.2 Å². The summed E-state index contributed by atoms with van der Waals surface area (Å²) in [4.78, 5) is 14.8. The highest BCUT2D eigenvalue weighted by Crippen LogP contribution is 2.20. The average Bonchev–Trinajstić information content (AvgIpc) is 3.39. The Kier molecular flexibility index (Phi) is 4.33. The maximum Gasteiger partial charge on any atom is 0.227 e. The number of likely N-dealkylation sites (tertiary alicyclic amines) is 1. The van der Waals surface area contributed by atoms with Crippen LogP contribution in [0.25, 0.3) is 5.69 Å². The van der Waals surface area contributed by atoms with Gasteiger partial charge in [0.15, 0.2) is 0 Å². The van der Waals surface area contributed by atoms with E-state index >= 15 is 0 Å². The van der Waals surface area contributed by atoms with Gasteiger partial charge in [0, 0.05) is 31.3 Å². The minimum absolute atomic E-state index is 0.196. The van der Waals surface area contributed by atoms with Crippen molar-refractivity contribution in [3.63, 3.8) is 0 Å². The van der Waals surface area contributed by atoms with Crippen LogP contribution in [0, 0.1) is 0 Å². The van der Waals surface area contributed by atoms with Crippen molar-refractivity contribution in [1.82, 2.24) is 24.5 Å². The fourth-order valence-corrected chi connectivity index (χ4v) is 3.44. The van der Waals surface area contributed by atoms with E-state index in [0.29, 0.717) is 6.42 Å². The molecule has 0 aliphatic carbocycles. The first-order valence-corrected chi connectivity index (χ1v) is 8.65. The fraction of sp³-hybridized carbons (Fsp3) is 0.316. The van der Waals surface area contributed by atoms with Crippen LogP contribution < -0.4 is 0 Å². The van der Waals surface area contributed by atoms with Crippen LogP contribution in [-0.4, -0.2) is 43.0 Å². The number of benzene rings is 1. The lowest BCUT2D eigenvalue weighted by atomic mass is 10.1. The summed E-state index contributed by atoms with van der Waals surface area (Å²) in [6, 6.07) is 12.1. The lowest BCUT2D eigenvalue weighted by Gasteiger charge is -2.25. The molecular weight excluding hydrogens is 314 g/mol. The van der Waals surface area contributed by atoms with Crippen molar-refractivity contribution in [3.8, 4) is 5.69 Å². The van der Waals surface area contributed by atoms with Crippen LogP contribution >= 0.6 is 0 Å². The molecule has 1 atom stereocenters. The largest absolute Gasteiger partial charge is 0.338 e. The van der Waals surface area contributed by atoms with Gasteiger partial charge in [-0.3, -0.25) is 9.48 Å². The highest BCUT2D eigenvalue weighted by molar-refractivity contribution is 5.79. The molecule has 3 heterocycles. The second-order valence-corrected chi connectivity index (χ2v) is 6.41. The average molecular weight is 335 g/mol. The topological polar surface area (TPSA) is 56.0 Å². The van der Waals surface area contributed by atoms with E-state index < -0.39 is 0 Å². The summed E-state index contributed by atoms with van der Waals surface area (Å²) in [5, 5.41) is 8.48. The zero-order valence-electron chi connectivity index (χ0n) is 14.0. The molecule has 1 amide bonds. The van der Waals surface area contributed by atoms with Crippen molar-refractivity contribution in [2.75, 3.05) is 6.54 Å². The molecule has 6 nitrogen and oxygen atoms in total. The smallest absolute Gasteiger partial charge is 0.227 e. The van der Waals surface area contributed by atoms with E-state index in [1.54, 1.807) is 12.4 Å². The lowest BCUT2D eigenvalue weighted by molar-refractivity contribution is -0.131. The van der Waals surface area contributed by atoms with E-state index in [4.69, 9.17) is 0 Å². The van der Waals surface area contributed by atoms with Gasteiger partial charge in [0.05, 0.1) is 24.7 Å². The number of hydrogen-bond acceptors (Lipinski definition) is 3. The van der Waals surface area contributed by atoms with Gasteiger partial charge in [-0.25, -0.2) is 4.68 Å². The van der Waals surface area contributed by atoms with E-state index in [0.717, 1.165) is 37.2 Å². The van der Waals surface area contributed by atoms with Crippen LogP contribution in [0.2, 0.25) is 0 Å². The maximum absolute atomic E-state index is 12.7. The quantitative estimate of drug-likeness (QED) is 0.719. The summed E-state index contributed by atoms with van der Waals surface area (Å²) < 4.78 is 3.72. The predicted molar refractivity (Wildman–Crippen MR) is 94.2 cm³/mol. The zero-order valence-corrected chi connectivity index (χ0v) is 14.0. The molecule has 3 aromatic rings. The summed E-state index contributed by atoms with van der Waals surface area (Å²) in [7, 11) is 0. The highest BCUT2D eigenvalue weighted by Gasteiger charge is 2.28. The van der Waals surface area contributed by atoms with Crippen LogP contribution in [0.4, 0.5) is 0 Å². The van der Waals surface area contributed by atoms with Crippen molar-refractivity contribution < 1.29 is 4.79 Å². The van der Waals surface area contributed by atoms with Crippen LogP contribution in [0.5, 0.6) is 0 Å². The third-order valence-corrected chi connectivity index (χ3v) is 4.72. The summed E-state index contributed by atoms with van der Waals surface area (Å²) in [5.74, 6) is 0.196. The highest BCUT2D eigenvalue weighted by atomic mass is 16.2. The maximum atomic E-state index is 12.7. The van der Waals surface area contributed by atoms with Crippen molar-refractivity contribution in [2.24, 2.45) is 0 Å². The first-order valence-electron chi connectivity index (χ1n) is 8.65. The number of nitrogens with zero attached hydrogens (tertiary/aromatic N) is 5. The third kappa shape index (κ3) is 3.47. The molecule has 2 aromatic heterocycles. The minimum Gasteiger partial charge on any atom is -0.338 e. The van der Waals surface area contributed by atoms with Crippen LogP contribution in [0.1, 0.15) is 18.4 Å². The standard InChI is InChI=1S/C19H21N5O/c25-19(23-12-1-4-18(23)15-22-11-2-9-20-22)14-16-5-7-17(8-6-16)24-13-3-10-21-24/h2-3,5-11,13,18H,1,4,12,14-15H2/t18-/m1/s1. The molecule has 4 rings (SSSR count). The van der Waals surface area contributed by atoms with Gasteiger partial charge in [0.2, 0.25) is 5.91 Å². The van der Waals surface area contributed by atoms with E-state index in [1.165, 1.54) is 0 Å². The van der Waals surface area contributed by atoms with E-state index in [1.807, 2.05) is 63.1 Å². The molecule has 25 heavy (non-hydrogen) atoms. The molecule has 0 radical (unpaired) electrons. The van der Waals surface area contributed by atoms with Gasteiger partial charge in [-0.2, -0.15) is 10.2 Å². The minimum atomic E-state index is 0.196. The molecule has 1 aromatic carbocycles. The van der Waals surface area contributed by atoms with Gasteiger partial charge in [-0.15, -0.1) is 0 Å². The molecule has 0 bridgehead atoms. The Balaban J connectivity index is 1.40. The molecule has 0 saturated carbocycles. The van der Waals surface area contributed by atoms with Crippen LogP contribution in [-0.2, 0) is 17.8 Å². The second kappa shape index (κ2) is 6.93. The third-order valence-electron chi connectivity index (χ3n) is 4.72. The van der Waals surface area contributed by atoms with Crippen molar-refractivity contribution in [3.05, 3.63) is 66.7 Å². The molecular formula is C19H21N5O. The van der Waals surface area contributed by atoms with Gasteiger partial charge < -0.3 is 4.90 Å². The fourth-order valence-electron chi connectivity index (χ4n) is 3.44. The molecule has 0 spiro atoms. The van der Waals surface area contributed by atoms with E-state index in [-0.39, 0.29) is 11.9 Å². The number of carbonyl (C=O) groups excluding carboxylic acids is 1. The van der Waals surface area contributed by atoms with Gasteiger partial charge >= 0.3 is 0 Å². The van der Waals surface area contributed by atoms with Gasteiger partial charge in [0.1, 0.15) is 0 Å². The normalized spacial score (nSPS) is 17.1. The van der Waals surface area contributed by atoms with Crippen LogP contribution in [0.15, 0.2) is 61.2 Å². The summed E-state index contributed by atoms with van der Waals surface area (Å²) in [5.41, 5.74) is 2.03. The number of aromatic nitrogens is 4. The molecule has 1 aliphatic rings. The number of rotatable bonds is 5. The molecule has 1 aliphatic heterocycles. The van der Waals surface area contributed by atoms with Gasteiger partial charge in [-0.05, 0) is 42.7 Å². The first kappa shape index (κ1) is 15.6. The zero-order chi connectivity index (χ0) is 17.1. The van der Waals surface area contributed by atoms with Crippen molar-refractivity contribution in [2.45, 2.75) is 31.8 Å². The Morgan fingerprint density at radius 2 is 1.88 bits per heavy atom. The van der Waals surface area contributed by atoms with Crippen molar-refractivity contribution >= 4 is 5.91 Å². The SMILES string of the molecule is O=C(Cc1ccc(-n2cccn2)cc1)N1CCC[C@@H]1Cn1cccn1. The predicted octanol–water partition coefficient (Wildman–Crippen LogP) is 2.30. The van der Waals surface area contributed by atoms with Gasteiger partial charge in [0.25, 0.3) is 0 Å². The Labute approximate surface area is 146 Å². The molecule has 0 N–H and O–H groups in total.